The minimum atomic E-state index is -3.64. The van der Waals surface area contributed by atoms with Crippen molar-refractivity contribution in [2.75, 3.05) is 15.9 Å². The lowest BCUT2D eigenvalue weighted by Gasteiger charge is -2.28. The molecule has 3 aromatic carbocycles. The van der Waals surface area contributed by atoms with Gasteiger partial charge in [-0.2, -0.15) is 0 Å². The predicted octanol–water partition coefficient (Wildman–Crippen LogP) is 4.04. The molecule has 0 saturated heterocycles. The molecule has 29 heavy (non-hydrogen) atoms. The minimum Gasteiger partial charge on any atom is -0.324 e. The Bertz CT molecular complexity index is 1190. The van der Waals surface area contributed by atoms with Crippen LogP contribution in [-0.2, 0) is 27.7 Å². The number of sulfonamides is 1. The third-order valence-electron chi connectivity index (χ3n) is 5.51. The van der Waals surface area contributed by atoms with Gasteiger partial charge in [-0.05, 0) is 61.4 Å². The average Bonchev–Trinajstić information content (AvgIpc) is 3.09. The van der Waals surface area contributed by atoms with E-state index in [-0.39, 0.29) is 5.91 Å². The molecule has 0 heterocycles. The van der Waals surface area contributed by atoms with Gasteiger partial charge in [0, 0.05) is 11.1 Å². The molecule has 3 aromatic rings. The number of amides is 1. The number of hydrogen-bond acceptors (Lipinski definition) is 3. The summed E-state index contributed by atoms with van der Waals surface area (Å²) in [6.07, 6.45) is 3.14. The van der Waals surface area contributed by atoms with Crippen LogP contribution >= 0.6 is 0 Å². The fourth-order valence-electron chi connectivity index (χ4n) is 4.09. The van der Waals surface area contributed by atoms with Gasteiger partial charge in [0.25, 0.3) is 0 Å². The maximum atomic E-state index is 13.1. The molecule has 6 heteroatoms. The van der Waals surface area contributed by atoms with Crippen molar-refractivity contribution in [3.8, 4) is 0 Å². The summed E-state index contributed by atoms with van der Waals surface area (Å²) in [6, 6.07) is 16.3. The van der Waals surface area contributed by atoms with E-state index in [2.05, 4.69) is 11.4 Å². The molecule has 1 aliphatic rings. The fourth-order valence-corrected chi connectivity index (χ4v) is 5.27. The molecule has 0 fully saturated rings. The lowest BCUT2D eigenvalue weighted by molar-refractivity contribution is -0.116. The van der Waals surface area contributed by atoms with E-state index in [1.165, 1.54) is 20.8 Å². The molecule has 0 radical (unpaired) electrons. The Morgan fingerprint density at radius 1 is 1.00 bits per heavy atom. The highest BCUT2D eigenvalue weighted by molar-refractivity contribution is 7.92. The molecule has 0 spiro atoms. The quantitative estimate of drug-likeness (QED) is 0.693. The topological polar surface area (TPSA) is 66.5 Å². The Morgan fingerprint density at radius 3 is 2.31 bits per heavy atom. The Labute approximate surface area is 171 Å². The SMILES string of the molecule is Cc1ccc(N([C@H](C)C(=O)Nc2ccc3c4c(cccc24)CC3)S(C)(=O)=O)cc1. The van der Waals surface area contributed by atoms with Gasteiger partial charge in [-0.1, -0.05) is 42.0 Å². The molecule has 1 N–H and O–H groups in total. The van der Waals surface area contributed by atoms with E-state index < -0.39 is 16.1 Å². The van der Waals surface area contributed by atoms with Crippen LogP contribution in [0.3, 0.4) is 0 Å². The summed E-state index contributed by atoms with van der Waals surface area (Å²) in [7, 11) is -3.64. The molecule has 1 amide bonds. The van der Waals surface area contributed by atoms with E-state index in [4.69, 9.17) is 0 Å². The maximum Gasteiger partial charge on any atom is 0.248 e. The van der Waals surface area contributed by atoms with E-state index in [1.54, 1.807) is 19.1 Å². The second-order valence-electron chi connectivity index (χ2n) is 7.67. The van der Waals surface area contributed by atoms with Gasteiger partial charge >= 0.3 is 0 Å². The highest BCUT2D eigenvalue weighted by Gasteiger charge is 2.29. The summed E-state index contributed by atoms with van der Waals surface area (Å²) in [5, 5.41) is 5.16. The summed E-state index contributed by atoms with van der Waals surface area (Å²) in [4.78, 5) is 13.1. The third-order valence-corrected chi connectivity index (χ3v) is 6.75. The molecule has 0 aromatic heterocycles. The van der Waals surface area contributed by atoms with Crippen LogP contribution in [0.25, 0.3) is 10.8 Å². The van der Waals surface area contributed by atoms with Gasteiger partial charge in [-0.15, -0.1) is 0 Å². The van der Waals surface area contributed by atoms with Crippen molar-refractivity contribution in [3.63, 3.8) is 0 Å². The molecule has 4 rings (SSSR count). The first-order chi connectivity index (χ1) is 13.8. The first kappa shape index (κ1) is 19.5. The number of benzene rings is 3. The highest BCUT2D eigenvalue weighted by atomic mass is 32.2. The standard InChI is InChI=1S/C23H24N2O3S/c1-15-7-12-19(13-8-15)25(29(3,27)28)16(2)23(26)24-21-14-11-18-10-9-17-5-4-6-20(21)22(17)18/h4-8,11-14,16H,9-10H2,1-3H3,(H,24,26)/t16-/m1/s1. The Balaban J connectivity index is 1.67. The molecule has 0 saturated carbocycles. The first-order valence-corrected chi connectivity index (χ1v) is 11.5. The number of aryl methyl sites for hydroxylation is 3. The second kappa shape index (κ2) is 7.19. The molecule has 0 unspecified atom stereocenters. The van der Waals surface area contributed by atoms with Gasteiger partial charge in [-0.25, -0.2) is 8.42 Å². The van der Waals surface area contributed by atoms with Crippen LogP contribution in [0.1, 0.15) is 23.6 Å². The number of nitrogens with one attached hydrogen (secondary N) is 1. The fraction of sp³-hybridized carbons (Fsp3) is 0.261. The molecule has 1 aliphatic carbocycles. The van der Waals surface area contributed by atoms with Crippen LogP contribution in [0.4, 0.5) is 11.4 Å². The molecular formula is C23H24N2O3S. The van der Waals surface area contributed by atoms with Crippen LogP contribution in [0, 0.1) is 6.92 Å². The zero-order chi connectivity index (χ0) is 20.8. The van der Waals surface area contributed by atoms with Crippen LogP contribution in [0.2, 0.25) is 0 Å². The van der Waals surface area contributed by atoms with E-state index >= 15 is 0 Å². The third kappa shape index (κ3) is 3.60. The van der Waals surface area contributed by atoms with Crippen molar-refractivity contribution >= 4 is 38.1 Å². The van der Waals surface area contributed by atoms with Crippen molar-refractivity contribution in [1.29, 1.82) is 0 Å². The smallest absolute Gasteiger partial charge is 0.248 e. The molecule has 5 nitrogen and oxygen atoms in total. The Kier molecular flexibility index (Phi) is 4.82. The minimum absolute atomic E-state index is 0.366. The molecule has 150 valence electrons. The zero-order valence-corrected chi connectivity index (χ0v) is 17.6. The van der Waals surface area contributed by atoms with Crippen molar-refractivity contribution in [1.82, 2.24) is 0 Å². The van der Waals surface area contributed by atoms with Gasteiger partial charge < -0.3 is 5.32 Å². The van der Waals surface area contributed by atoms with Gasteiger partial charge in [0.2, 0.25) is 15.9 Å². The average molecular weight is 409 g/mol. The van der Waals surface area contributed by atoms with Crippen LogP contribution in [0.5, 0.6) is 0 Å². The lowest BCUT2D eigenvalue weighted by atomic mass is 10.0. The normalized spacial score (nSPS) is 14.0. The van der Waals surface area contributed by atoms with E-state index in [0.717, 1.165) is 30.0 Å². The monoisotopic (exact) mass is 408 g/mol. The number of hydrogen-bond donors (Lipinski definition) is 1. The Morgan fingerprint density at radius 2 is 1.66 bits per heavy atom. The first-order valence-electron chi connectivity index (χ1n) is 9.66. The van der Waals surface area contributed by atoms with Gasteiger partial charge in [0.15, 0.2) is 0 Å². The summed E-state index contributed by atoms with van der Waals surface area (Å²) in [6.45, 7) is 3.54. The molecule has 1 atom stereocenters. The summed E-state index contributed by atoms with van der Waals surface area (Å²) >= 11 is 0. The molecule has 0 aliphatic heterocycles. The van der Waals surface area contributed by atoms with Crippen LogP contribution < -0.4 is 9.62 Å². The Hall–Kier alpha value is -2.86. The van der Waals surface area contributed by atoms with Gasteiger partial charge in [0.05, 0.1) is 11.9 Å². The largest absolute Gasteiger partial charge is 0.324 e. The predicted molar refractivity (Wildman–Crippen MR) is 118 cm³/mol. The summed E-state index contributed by atoms with van der Waals surface area (Å²) < 4.78 is 26.1. The summed E-state index contributed by atoms with van der Waals surface area (Å²) in [5.41, 5.74) is 4.79. The maximum absolute atomic E-state index is 13.1. The van der Waals surface area contributed by atoms with E-state index in [1.807, 2.05) is 43.3 Å². The van der Waals surface area contributed by atoms with Crippen molar-refractivity contribution < 1.29 is 13.2 Å². The number of rotatable bonds is 5. The van der Waals surface area contributed by atoms with Crippen molar-refractivity contribution in [3.05, 3.63) is 71.3 Å². The number of carbonyl (C=O) groups is 1. The van der Waals surface area contributed by atoms with Crippen molar-refractivity contribution in [2.45, 2.75) is 32.7 Å². The zero-order valence-electron chi connectivity index (χ0n) is 16.8. The van der Waals surface area contributed by atoms with Crippen LogP contribution in [0.15, 0.2) is 54.6 Å². The van der Waals surface area contributed by atoms with Crippen molar-refractivity contribution in [2.24, 2.45) is 0 Å². The van der Waals surface area contributed by atoms with Gasteiger partial charge in [-0.3, -0.25) is 9.10 Å². The number of carbonyl (C=O) groups excluding carboxylic acids is 1. The van der Waals surface area contributed by atoms with Gasteiger partial charge in [0.1, 0.15) is 6.04 Å². The molecule has 0 bridgehead atoms. The second-order valence-corrected chi connectivity index (χ2v) is 9.53. The lowest BCUT2D eigenvalue weighted by Crippen LogP contribution is -2.45. The van der Waals surface area contributed by atoms with E-state index in [9.17, 15) is 13.2 Å². The summed E-state index contributed by atoms with van der Waals surface area (Å²) in [5.74, 6) is -0.366. The van der Waals surface area contributed by atoms with E-state index in [0.29, 0.717) is 11.4 Å². The van der Waals surface area contributed by atoms with Crippen LogP contribution in [-0.4, -0.2) is 26.6 Å². The molecular weight excluding hydrogens is 384 g/mol. The number of nitrogens with zero attached hydrogens (tertiary/aromatic N) is 1. The number of anilines is 2. The highest BCUT2D eigenvalue weighted by Crippen LogP contribution is 2.35.